The molecule has 0 aliphatic carbocycles. The molecule has 9 nitrogen and oxygen atoms in total. The summed E-state index contributed by atoms with van der Waals surface area (Å²) in [6.07, 6.45) is 0.749. The van der Waals surface area contributed by atoms with Crippen LogP contribution < -0.4 is 20.3 Å². The van der Waals surface area contributed by atoms with Crippen LogP contribution in [0.15, 0.2) is 78.9 Å². The zero-order valence-electron chi connectivity index (χ0n) is 21.6. The number of rotatable bonds is 6. The van der Waals surface area contributed by atoms with Gasteiger partial charge in [0.05, 0.1) is 19.5 Å². The van der Waals surface area contributed by atoms with Gasteiger partial charge < -0.3 is 30.1 Å². The lowest BCUT2D eigenvalue weighted by molar-refractivity contribution is -0.136. The van der Waals surface area contributed by atoms with Crippen molar-refractivity contribution < 1.29 is 23.5 Å². The predicted octanol–water partition coefficient (Wildman–Crippen LogP) is 4.15. The first-order valence-electron chi connectivity index (χ1n) is 12.8. The molecule has 0 unspecified atom stereocenters. The van der Waals surface area contributed by atoms with Crippen molar-refractivity contribution >= 4 is 34.9 Å². The molecular weight excluding hydrogens is 501 g/mol. The lowest BCUT2D eigenvalue weighted by Gasteiger charge is -2.43. The van der Waals surface area contributed by atoms with Gasteiger partial charge in [0, 0.05) is 30.5 Å². The molecule has 2 aliphatic heterocycles. The molecule has 0 atom stereocenters. The molecule has 2 N–H and O–H groups in total. The second-order valence-electron chi connectivity index (χ2n) is 9.62. The highest BCUT2D eigenvalue weighted by atomic mass is 19.1. The van der Waals surface area contributed by atoms with E-state index >= 15 is 0 Å². The maximum Gasteiger partial charge on any atom is 0.321 e. The number of para-hydroxylation sites is 2. The van der Waals surface area contributed by atoms with Crippen LogP contribution in [-0.2, 0) is 9.59 Å². The van der Waals surface area contributed by atoms with Crippen molar-refractivity contribution in [2.75, 3.05) is 48.9 Å². The number of carbonyl (C=O) groups excluding carboxylic acids is 3. The number of hydrogen-bond donors (Lipinski definition) is 2. The van der Waals surface area contributed by atoms with Crippen molar-refractivity contribution in [1.29, 1.82) is 0 Å². The smallest absolute Gasteiger partial charge is 0.321 e. The first kappa shape index (κ1) is 26.0. The Morgan fingerprint density at radius 3 is 2.38 bits per heavy atom. The summed E-state index contributed by atoms with van der Waals surface area (Å²) >= 11 is 0. The third kappa shape index (κ3) is 5.36. The van der Waals surface area contributed by atoms with Gasteiger partial charge in [0.25, 0.3) is 5.91 Å². The Labute approximate surface area is 226 Å². The molecule has 1 spiro atoms. The highest BCUT2D eigenvalue weighted by molar-refractivity contribution is 5.99. The number of carbonyl (C=O) groups is 3. The molecular formula is C29H30FN5O4. The number of urea groups is 1. The third-order valence-corrected chi connectivity index (χ3v) is 7.26. The molecule has 10 heteroatoms. The van der Waals surface area contributed by atoms with Gasteiger partial charge >= 0.3 is 6.03 Å². The standard InChI is InChI=1S/C29H30FN5O4/c1-39-23-11-7-8-21(18-23)31-26(36)19-34-20-35(22-9-3-2-4-10-22)29(27(34)37)14-16-33(17-15-29)28(38)32-25-13-6-5-12-24(25)30/h2-13,18H,14-17,19-20H2,1H3,(H,31,36)(H,32,38). The van der Waals surface area contributed by atoms with Crippen LogP contribution in [0.4, 0.5) is 26.2 Å². The van der Waals surface area contributed by atoms with Crippen LogP contribution in [-0.4, -0.2) is 66.6 Å². The average molecular weight is 532 g/mol. The Balaban J connectivity index is 1.30. The van der Waals surface area contributed by atoms with E-state index < -0.39 is 17.4 Å². The molecule has 0 saturated carbocycles. The molecule has 2 fully saturated rings. The van der Waals surface area contributed by atoms with E-state index in [1.165, 1.54) is 12.1 Å². The van der Waals surface area contributed by atoms with Gasteiger partial charge in [-0.3, -0.25) is 9.59 Å². The molecule has 0 radical (unpaired) electrons. The summed E-state index contributed by atoms with van der Waals surface area (Å²) in [5, 5.41) is 5.46. The monoisotopic (exact) mass is 531 g/mol. The molecule has 2 saturated heterocycles. The number of methoxy groups -OCH3 is 1. The Bertz CT molecular complexity index is 1360. The fourth-order valence-corrected chi connectivity index (χ4v) is 5.23. The van der Waals surface area contributed by atoms with E-state index in [-0.39, 0.29) is 30.7 Å². The largest absolute Gasteiger partial charge is 0.497 e. The quantitative estimate of drug-likeness (QED) is 0.499. The van der Waals surface area contributed by atoms with Crippen LogP contribution in [0.25, 0.3) is 0 Å². The normalized spacial score (nSPS) is 16.4. The van der Waals surface area contributed by atoms with E-state index in [9.17, 15) is 18.8 Å². The van der Waals surface area contributed by atoms with Crippen molar-refractivity contribution in [3.63, 3.8) is 0 Å². The fourth-order valence-electron chi connectivity index (χ4n) is 5.23. The van der Waals surface area contributed by atoms with Crippen LogP contribution in [0, 0.1) is 5.82 Å². The minimum Gasteiger partial charge on any atom is -0.497 e. The third-order valence-electron chi connectivity index (χ3n) is 7.26. The molecule has 2 heterocycles. The number of hydrogen-bond acceptors (Lipinski definition) is 5. The van der Waals surface area contributed by atoms with Crippen molar-refractivity contribution in [3.05, 3.63) is 84.7 Å². The van der Waals surface area contributed by atoms with Gasteiger partial charge in [-0.15, -0.1) is 0 Å². The summed E-state index contributed by atoms with van der Waals surface area (Å²) < 4.78 is 19.3. The number of nitrogens with zero attached hydrogens (tertiary/aromatic N) is 3. The maximum atomic E-state index is 14.0. The topological polar surface area (TPSA) is 94.2 Å². The van der Waals surface area contributed by atoms with Gasteiger partial charge in [-0.1, -0.05) is 36.4 Å². The first-order chi connectivity index (χ1) is 18.9. The van der Waals surface area contributed by atoms with Gasteiger partial charge in [-0.25, -0.2) is 9.18 Å². The number of likely N-dealkylation sites (tertiary alicyclic amines) is 1. The second-order valence-corrected chi connectivity index (χ2v) is 9.62. The van der Waals surface area contributed by atoms with E-state index in [0.29, 0.717) is 37.4 Å². The van der Waals surface area contributed by atoms with Crippen LogP contribution >= 0.6 is 0 Å². The number of piperidine rings is 1. The predicted molar refractivity (Wildman–Crippen MR) is 146 cm³/mol. The average Bonchev–Trinajstić information content (AvgIpc) is 3.21. The summed E-state index contributed by atoms with van der Waals surface area (Å²) in [7, 11) is 1.55. The number of halogens is 1. The first-order valence-corrected chi connectivity index (χ1v) is 12.8. The Hall–Kier alpha value is -4.60. The Kier molecular flexibility index (Phi) is 7.36. The Morgan fingerprint density at radius 1 is 0.949 bits per heavy atom. The fraction of sp³-hybridized carbons (Fsp3) is 0.276. The van der Waals surface area contributed by atoms with E-state index in [1.54, 1.807) is 53.3 Å². The molecule has 3 aromatic rings. The SMILES string of the molecule is COc1cccc(NC(=O)CN2CN(c3ccccc3)C3(CCN(C(=O)Nc4ccccc4F)CC3)C2=O)c1. The number of benzene rings is 3. The second kappa shape index (κ2) is 11.0. The molecule has 5 rings (SSSR count). The zero-order chi connectivity index (χ0) is 27.4. The minimum atomic E-state index is -0.896. The summed E-state index contributed by atoms with van der Waals surface area (Å²) in [5.74, 6) is -0.363. The van der Waals surface area contributed by atoms with Crippen molar-refractivity contribution in [3.8, 4) is 5.75 Å². The van der Waals surface area contributed by atoms with E-state index in [2.05, 4.69) is 10.6 Å². The van der Waals surface area contributed by atoms with Gasteiger partial charge in [-0.05, 0) is 49.2 Å². The van der Waals surface area contributed by atoms with Crippen molar-refractivity contribution in [1.82, 2.24) is 9.80 Å². The number of amides is 4. The van der Waals surface area contributed by atoms with Crippen LogP contribution in [0.3, 0.4) is 0 Å². The van der Waals surface area contributed by atoms with Gasteiger partial charge in [-0.2, -0.15) is 0 Å². The molecule has 4 amide bonds. The van der Waals surface area contributed by atoms with Crippen LogP contribution in [0.1, 0.15) is 12.8 Å². The van der Waals surface area contributed by atoms with Gasteiger partial charge in [0.1, 0.15) is 23.7 Å². The summed E-state index contributed by atoms with van der Waals surface area (Å²) in [6, 6.07) is 22.2. The lowest BCUT2D eigenvalue weighted by atomic mass is 9.85. The maximum absolute atomic E-state index is 14.0. The molecule has 39 heavy (non-hydrogen) atoms. The number of anilines is 3. The molecule has 0 aromatic heterocycles. The van der Waals surface area contributed by atoms with E-state index in [1.807, 2.05) is 35.2 Å². The highest BCUT2D eigenvalue weighted by Crippen LogP contribution is 2.39. The molecule has 2 aliphatic rings. The van der Waals surface area contributed by atoms with Gasteiger partial charge in [0.2, 0.25) is 5.91 Å². The molecule has 0 bridgehead atoms. The number of ether oxygens (including phenoxy) is 1. The van der Waals surface area contributed by atoms with Crippen LogP contribution in [0.2, 0.25) is 0 Å². The summed E-state index contributed by atoms with van der Waals surface area (Å²) in [6.45, 7) is 0.743. The highest BCUT2D eigenvalue weighted by Gasteiger charge is 2.54. The molecule has 3 aromatic carbocycles. The summed E-state index contributed by atoms with van der Waals surface area (Å²) in [4.78, 5) is 44.8. The number of nitrogens with one attached hydrogen (secondary N) is 2. The lowest BCUT2D eigenvalue weighted by Crippen LogP contribution is -2.58. The van der Waals surface area contributed by atoms with Crippen LogP contribution in [0.5, 0.6) is 5.75 Å². The van der Waals surface area contributed by atoms with E-state index in [4.69, 9.17) is 4.74 Å². The van der Waals surface area contributed by atoms with Crippen molar-refractivity contribution in [2.45, 2.75) is 18.4 Å². The minimum absolute atomic E-state index is 0.110. The van der Waals surface area contributed by atoms with E-state index in [0.717, 1.165) is 5.69 Å². The Morgan fingerprint density at radius 2 is 1.67 bits per heavy atom. The summed E-state index contributed by atoms with van der Waals surface area (Å²) in [5.41, 5.74) is 0.659. The van der Waals surface area contributed by atoms with Gasteiger partial charge in [0.15, 0.2) is 0 Å². The van der Waals surface area contributed by atoms with Crippen molar-refractivity contribution in [2.24, 2.45) is 0 Å². The molecule has 202 valence electrons. The zero-order valence-corrected chi connectivity index (χ0v) is 21.6.